The summed E-state index contributed by atoms with van der Waals surface area (Å²) in [5, 5.41) is 0. The van der Waals surface area contributed by atoms with Gasteiger partial charge in [-0.1, -0.05) is 24.3 Å². The van der Waals surface area contributed by atoms with Gasteiger partial charge in [-0.25, -0.2) is 4.98 Å². The molecule has 0 bridgehead atoms. The van der Waals surface area contributed by atoms with Gasteiger partial charge in [0, 0.05) is 0 Å². The zero-order valence-electron chi connectivity index (χ0n) is 16.4. The minimum atomic E-state index is -0.759. The van der Waals surface area contributed by atoms with E-state index in [4.69, 9.17) is 4.74 Å². The minimum Gasteiger partial charge on any atom is -0.481 e. The topological polar surface area (TPSA) is 85.3 Å². The summed E-state index contributed by atoms with van der Waals surface area (Å²) >= 11 is 0. The molecule has 0 aliphatic rings. The number of benzene rings is 2. The molecule has 1 heterocycles. The molecule has 0 radical (unpaired) electrons. The van der Waals surface area contributed by atoms with E-state index in [0.29, 0.717) is 5.75 Å². The Morgan fingerprint density at radius 3 is 2.50 bits per heavy atom. The summed E-state index contributed by atoms with van der Waals surface area (Å²) in [5.74, 6) is -0.139. The smallest absolute Gasteiger partial charge is 0.279 e. The van der Waals surface area contributed by atoms with Crippen molar-refractivity contribution in [2.45, 2.75) is 39.8 Å². The van der Waals surface area contributed by atoms with Crippen molar-refractivity contribution in [3.8, 4) is 5.75 Å². The zero-order valence-corrected chi connectivity index (χ0v) is 16.4. The van der Waals surface area contributed by atoms with Gasteiger partial charge in [-0.05, 0) is 57.0 Å². The van der Waals surface area contributed by atoms with Crippen LogP contribution < -0.4 is 15.6 Å². The SMILES string of the molecule is Cc1cccc(OC(C)C(=O)NNC(=O)C(C)n2cnc3ccccc32)c1C. The molecule has 0 saturated carbocycles. The number of hydrogen-bond acceptors (Lipinski definition) is 4. The number of aryl methyl sites for hydroxylation is 1. The molecule has 3 aromatic rings. The van der Waals surface area contributed by atoms with Crippen molar-refractivity contribution in [1.29, 1.82) is 0 Å². The van der Waals surface area contributed by atoms with E-state index in [2.05, 4.69) is 15.8 Å². The zero-order chi connectivity index (χ0) is 20.3. The van der Waals surface area contributed by atoms with E-state index in [9.17, 15) is 9.59 Å². The highest BCUT2D eigenvalue weighted by molar-refractivity contribution is 5.87. The maximum Gasteiger partial charge on any atom is 0.279 e. The van der Waals surface area contributed by atoms with Crippen molar-refractivity contribution in [2.75, 3.05) is 0 Å². The van der Waals surface area contributed by atoms with Crippen molar-refractivity contribution in [3.63, 3.8) is 0 Å². The summed E-state index contributed by atoms with van der Waals surface area (Å²) < 4.78 is 7.49. The molecule has 28 heavy (non-hydrogen) atoms. The highest BCUT2D eigenvalue weighted by atomic mass is 16.5. The molecule has 2 unspecified atom stereocenters. The monoisotopic (exact) mass is 380 g/mol. The van der Waals surface area contributed by atoms with Gasteiger partial charge in [0.2, 0.25) is 0 Å². The van der Waals surface area contributed by atoms with Crippen LogP contribution >= 0.6 is 0 Å². The van der Waals surface area contributed by atoms with E-state index in [0.717, 1.165) is 22.2 Å². The maximum atomic E-state index is 12.5. The van der Waals surface area contributed by atoms with E-state index in [-0.39, 0.29) is 5.91 Å². The Bertz CT molecular complexity index is 1010. The molecule has 2 N–H and O–H groups in total. The Kier molecular flexibility index (Phi) is 5.63. The second-order valence-electron chi connectivity index (χ2n) is 6.75. The quantitative estimate of drug-likeness (QED) is 0.667. The Balaban J connectivity index is 1.59. The van der Waals surface area contributed by atoms with Crippen LogP contribution in [0.5, 0.6) is 5.75 Å². The van der Waals surface area contributed by atoms with E-state index < -0.39 is 18.1 Å². The summed E-state index contributed by atoms with van der Waals surface area (Å²) in [6.45, 7) is 7.30. The highest BCUT2D eigenvalue weighted by Crippen LogP contribution is 2.21. The third-order valence-corrected chi connectivity index (χ3v) is 4.81. The minimum absolute atomic E-state index is 0.351. The van der Waals surface area contributed by atoms with Crippen LogP contribution in [-0.2, 0) is 9.59 Å². The summed E-state index contributed by atoms with van der Waals surface area (Å²) in [5.41, 5.74) is 8.61. The molecule has 2 aromatic carbocycles. The van der Waals surface area contributed by atoms with Crippen LogP contribution in [0, 0.1) is 13.8 Å². The molecular formula is C21H24N4O3. The first-order valence-corrected chi connectivity index (χ1v) is 9.12. The second-order valence-corrected chi connectivity index (χ2v) is 6.75. The summed E-state index contributed by atoms with van der Waals surface area (Å²) in [4.78, 5) is 29.0. The molecule has 3 rings (SSSR count). The van der Waals surface area contributed by atoms with Gasteiger partial charge in [-0.3, -0.25) is 20.4 Å². The van der Waals surface area contributed by atoms with Crippen LogP contribution in [0.4, 0.5) is 0 Å². The fourth-order valence-electron chi connectivity index (χ4n) is 2.84. The van der Waals surface area contributed by atoms with Gasteiger partial charge >= 0.3 is 0 Å². The van der Waals surface area contributed by atoms with Crippen molar-refractivity contribution in [3.05, 3.63) is 59.9 Å². The number of hydrazine groups is 1. The van der Waals surface area contributed by atoms with Gasteiger partial charge in [-0.2, -0.15) is 0 Å². The molecule has 2 atom stereocenters. The number of carbonyl (C=O) groups excluding carboxylic acids is 2. The molecule has 7 heteroatoms. The van der Waals surface area contributed by atoms with Gasteiger partial charge in [-0.15, -0.1) is 0 Å². The van der Waals surface area contributed by atoms with E-state index in [1.807, 2.05) is 56.3 Å². The second kappa shape index (κ2) is 8.12. The molecule has 2 amide bonds. The van der Waals surface area contributed by atoms with E-state index in [1.54, 1.807) is 24.7 Å². The maximum absolute atomic E-state index is 12.5. The number of carbonyl (C=O) groups is 2. The molecule has 1 aromatic heterocycles. The van der Waals surface area contributed by atoms with Crippen molar-refractivity contribution in [2.24, 2.45) is 0 Å². The third kappa shape index (κ3) is 3.98. The number of amides is 2. The lowest BCUT2D eigenvalue weighted by Crippen LogP contribution is -2.48. The number of para-hydroxylation sites is 2. The van der Waals surface area contributed by atoms with Crippen molar-refractivity contribution >= 4 is 22.8 Å². The normalized spacial score (nSPS) is 13.0. The Hall–Kier alpha value is -3.35. The average molecular weight is 380 g/mol. The fraction of sp³-hybridized carbons (Fsp3) is 0.286. The van der Waals surface area contributed by atoms with Crippen LogP contribution in [0.15, 0.2) is 48.8 Å². The molecule has 0 fully saturated rings. The molecule has 0 aliphatic heterocycles. The third-order valence-electron chi connectivity index (χ3n) is 4.81. The molecule has 7 nitrogen and oxygen atoms in total. The number of nitrogens with one attached hydrogen (secondary N) is 2. The first kappa shape index (κ1) is 19.4. The number of ether oxygens (including phenoxy) is 1. The molecular weight excluding hydrogens is 356 g/mol. The number of fused-ring (bicyclic) bond motifs is 1. The van der Waals surface area contributed by atoms with Crippen LogP contribution in [0.3, 0.4) is 0 Å². The van der Waals surface area contributed by atoms with Crippen LogP contribution in [0.2, 0.25) is 0 Å². The Morgan fingerprint density at radius 2 is 1.71 bits per heavy atom. The largest absolute Gasteiger partial charge is 0.481 e. The lowest BCUT2D eigenvalue weighted by atomic mass is 10.1. The number of aromatic nitrogens is 2. The number of hydrogen-bond donors (Lipinski definition) is 2. The van der Waals surface area contributed by atoms with Crippen LogP contribution in [0.1, 0.15) is 31.0 Å². The van der Waals surface area contributed by atoms with Crippen molar-refractivity contribution in [1.82, 2.24) is 20.4 Å². The summed E-state index contributed by atoms with van der Waals surface area (Å²) in [7, 11) is 0. The average Bonchev–Trinajstić information content (AvgIpc) is 3.12. The van der Waals surface area contributed by atoms with Gasteiger partial charge in [0.25, 0.3) is 11.8 Å². The van der Waals surface area contributed by atoms with Gasteiger partial charge < -0.3 is 9.30 Å². The van der Waals surface area contributed by atoms with Crippen molar-refractivity contribution < 1.29 is 14.3 Å². The number of nitrogens with zero attached hydrogens (tertiary/aromatic N) is 2. The number of rotatable bonds is 5. The molecule has 0 saturated heterocycles. The summed E-state index contributed by atoms with van der Waals surface area (Å²) in [6.07, 6.45) is 0.855. The summed E-state index contributed by atoms with van der Waals surface area (Å²) in [6, 6.07) is 12.7. The lowest BCUT2D eigenvalue weighted by Gasteiger charge is -2.19. The first-order chi connectivity index (χ1) is 13.4. The number of imidazole rings is 1. The van der Waals surface area contributed by atoms with E-state index in [1.165, 1.54) is 0 Å². The Labute approximate surface area is 163 Å². The Morgan fingerprint density at radius 1 is 1.00 bits per heavy atom. The van der Waals surface area contributed by atoms with Gasteiger partial charge in [0.15, 0.2) is 6.10 Å². The molecule has 146 valence electrons. The molecule has 0 spiro atoms. The molecule has 0 aliphatic carbocycles. The van der Waals surface area contributed by atoms with Crippen LogP contribution in [-0.4, -0.2) is 27.5 Å². The van der Waals surface area contributed by atoms with E-state index >= 15 is 0 Å². The fourth-order valence-corrected chi connectivity index (χ4v) is 2.84. The lowest BCUT2D eigenvalue weighted by molar-refractivity contribution is -0.133. The standard InChI is InChI=1S/C21H24N4O3/c1-13-8-7-11-19(14(13)2)28-16(4)21(27)24-23-20(26)15(3)25-12-22-17-9-5-6-10-18(17)25/h5-12,15-16H,1-4H3,(H,23,26)(H,24,27). The highest BCUT2D eigenvalue weighted by Gasteiger charge is 2.20. The van der Waals surface area contributed by atoms with Gasteiger partial charge in [0.05, 0.1) is 17.4 Å². The predicted octanol–water partition coefficient (Wildman–Crippen LogP) is 2.83. The van der Waals surface area contributed by atoms with Gasteiger partial charge in [0.1, 0.15) is 11.8 Å². The van der Waals surface area contributed by atoms with Crippen LogP contribution in [0.25, 0.3) is 11.0 Å². The predicted molar refractivity (Wildman–Crippen MR) is 107 cm³/mol. The first-order valence-electron chi connectivity index (χ1n) is 9.12.